The van der Waals surface area contributed by atoms with Crippen molar-refractivity contribution in [3.8, 4) is 11.1 Å². The molecule has 1 aliphatic carbocycles. The lowest BCUT2D eigenvalue weighted by molar-refractivity contribution is -0.114. The third kappa shape index (κ3) is 5.11. The van der Waals surface area contributed by atoms with E-state index in [-0.39, 0.29) is 31.4 Å². The van der Waals surface area contributed by atoms with Crippen LogP contribution in [0.2, 0.25) is 0 Å². The minimum Gasteiger partial charge on any atom is -0.449 e. The highest BCUT2D eigenvalue weighted by Gasteiger charge is 2.29. The third-order valence-electron chi connectivity index (χ3n) is 6.01. The van der Waals surface area contributed by atoms with E-state index in [4.69, 9.17) is 4.74 Å². The van der Waals surface area contributed by atoms with Crippen molar-refractivity contribution in [3.05, 3.63) is 89.5 Å². The van der Waals surface area contributed by atoms with E-state index in [0.29, 0.717) is 11.3 Å². The standard InChI is InChI=1S/C27H28N2O5/c1-17(30)29-24-13-7-6-12-22(24)26(32)25(31)14-15-28-27(33)34-16-23-20-10-4-2-8-18(20)19-9-3-5-11-21(19)23/h2-13,23,25-26,31-32H,14-16H2,1H3,(H,28,33)(H,29,30). The molecule has 0 heterocycles. The summed E-state index contributed by atoms with van der Waals surface area (Å²) < 4.78 is 5.49. The van der Waals surface area contributed by atoms with Gasteiger partial charge in [-0.1, -0.05) is 66.7 Å². The largest absolute Gasteiger partial charge is 0.449 e. The van der Waals surface area contributed by atoms with Gasteiger partial charge in [0.05, 0.1) is 6.10 Å². The van der Waals surface area contributed by atoms with Gasteiger partial charge in [-0.3, -0.25) is 4.79 Å². The van der Waals surface area contributed by atoms with Crippen LogP contribution in [0.4, 0.5) is 10.5 Å². The quantitative estimate of drug-likeness (QED) is 0.407. The van der Waals surface area contributed by atoms with E-state index in [1.807, 2.05) is 24.3 Å². The summed E-state index contributed by atoms with van der Waals surface area (Å²) in [6.45, 7) is 1.70. The molecule has 7 nitrogen and oxygen atoms in total. The number of fused-ring (bicyclic) bond motifs is 3. The highest BCUT2D eigenvalue weighted by Crippen LogP contribution is 2.44. The summed E-state index contributed by atoms with van der Waals surface area (Å²) >= 11 is 0. The van der Waals surface area contributed by atoms with Crippen LogP contribution in [0.5, 0.6) is 0 Å². The zero-order valence-corrected chi connectivity index (χ0v) is 18.9. The van der Waals surface area contributed by atoms with Crippen LogP contribution >= 0.6 is 0 Å². The van der Waals surface area contributed by atoms with Crippen molar-refractivity contribution < 1.29 is 24.5 Å². The van der Waals surface area contributed by atoms with Crippen LogP contribution in [0.15, 0.2) is 72.8 Å². The lowest BCUT2D eigenvalue weighted by Crippen LogP contribution is -2.31. The molecule has 0 fully saturated rings. The summed E-state index contributed by atoms with van der Waals surface area (Å²) in [7, 11) is 0. The highest BCUT2D eigenvalue weighted by atomic mass is 16.5. The van der Waals surface area contributed by atoms with E-state index >= 15 is 0 Å². The number of carbonyl (C=O) groups excluding carboxylic acids is 2. The van der Waals surface area contributed by atoms with Gasteiger partial charge in [0.25, 0.3) is 0 Å². The molecule has 1 aliphatic rings. The van der Waals surface area contributed by atoms with Gasteiger partial charge in [-0.05, 0) is 34.7 Å². The number of amides is 2. The first kappa shape index (κ1) is 23.5. The number of anilines is 1. The first-order chi connectivity index (χ1) is 16.5. The number of ether oxygens (including phenoxy) is 1. The van der Waals surface area contributed by atoms with E-state index in [1.165, 1.54) is 6.92 Å². The summed E-state index contributed by atoms with van der Waals surface area (Å²) in [6, 6.07) is 23.0. The smallest absolute Gasteiger partial charge is 0.407 e. The number of carbonyl (C=O) groups is 2. The first-order valence-electron chi connectivity index (χ1n) is 11.3. The second-order valence-corrected chi connectivity index (χ2v) is 8.32. The van der Waals surface area contributed by atoms with Gasteiger partial charge in [0.15, 0.2) is 0 Å². The SMILES string of the molecule is CC(=O)Nc1ccccc1C(O)C(O)CCNC(=O)OCC1c2ccccc2-c2ccccc21. The van der Waals surface area contributed by atoms with Gasteiger partial charge in [-0.25, -0.2) is 4.79 Å². The number of nitrogens with one attached hydrogen (secondary N) is 2. The van der Waals surface area contributed by atoms with E-state index in [2.05, 4.69) is 34.9 Å². The average Bonchev–Trinajstić information content (AvgIpc) is 3.16. The van der Waals surface area contributed by atoms with E-state index in [0.717, 1.165) is 22.3 Å². The Hall–Kier alpha value is -3.68. The number of para-hydroxylation sites is 1. The number of benzene rings is 3. The second kappa shape index (κ2) is 10.5. The topological polar surface area (TPSA) is 108 Å². The number of aliphatic hydroxyl groups excluding tert-OH is 2. The Kier molecular flexibility index (Phi) is 7.25. The maximum absolute atomic E-state index is 12.3. The number of hydrogen-bond acceptors (Lipinski definition) is 5. The van der Waals surface area contributed by atoms with Gasteiger partial charge in [-0.15, -0.1) is 0 Å². The molecular formula is C27H28N2O5. The molecule has 2 amide bonds. The Balaban J connectivity index is 1.29. The Morgan fingerprint density at radius 1 is 0.912 bits per heavy atom. The van der Waals surface area contributed by atoms with Crippen molar-refractivity contribution in [3.63, 3.8) is 0 Å². The fraction of sp³-hybridized carbons (Fsp3) is 0.259. The van der Waals surface area contributed by atoms with Gasteiger partial charge in [-0.2, -0.15) is 0 Å². The van der Waals surface area contributed by atoms with Crippen LogP contribution in [0.3, 0.4) is 0 Å². The Labute approximate surface area is 198 Å². The minimum atomic E-state index is -1.22. The fourth-order valence-corrected chi connectivity index (χ4v) is 4.40. The molecule has 0 spiro atoms. The van der Waals surface area contributed by atoms with Crippen molar-refractivity contribution in [2.75, 3.05) is 18.5 Å². The second-order valence-electron chi connectivity index (χ2n) is 8.32. The van der Waals surface area contributed by atoms with Crippen molar-refractivity contribution in [2.45, 2.75) is 31.5 Å². The van der Waals surface area contributed by atoms with Crippen LogP contribution in [0.25, 0.3) is 11.1 Å². The van der Waals surface area contributed by atoms with Crippen LogP contribution in [0, 0.1) is 0 Å². The molecule has 4 rings (SSSR count). The summed E-state index contributed by atoms with van der Waals surface area (Å²) in [6.07, 6.45) is -2.82. The molecule has 0 aromatic heterocycles. The van der Waals surface area contributed by atoms with Crippen molar-refractivity contribution in [1.82, 2.24) is 5.32 Å². The lowest BCUT2D eigenvalue weighted by atomic mass is 9.98. The van der Waals surface area contributed by atoms with Crippen LogP contribution < -0.4 is 10.6 Å². The molecule has 4 N–H and O–H groups in total. The number of alkyl carbamates (subject to hydrolysis) is 1. The van der Waals surface area contributed by atoms with Gasteiger partial charge in [0.2, 0.25) is 5.91 Å². The monoisotopic (exact) mass is 460 g/mol. The maximum atomic E-state index is 12.3. The number of aliphatic hydroxyl groups is 2. The highest BCUT2D eigenvalue weighted by molar-refractivity contribution is 5.89. The molecule has 2 atom stereocenters. The van der Waals surface area contributed by atoms with Crippen molar-refractivity contribution in [2.24, 2.45) is 0 Å². The van der Waals surface area contributed by atoms with Crippen LogP contribution in [-0.4, -0.2) is 41.5 Å². The molecule has 0 bridgehead atoms. The molecular weight excluding hydrogens is 432 g/mol. The van der Waals surface area contributed by atoms with E-state index in [1.54, 1.807) is 24.3 Å². The predicted molar refractivity (Wildman–Crippen MR) is 129 cm³/mol. The van der Waals surface area contributed by atoms with Gasteiger partial charge < -0.3 is 25.6 Å². The number of hydrogen-bond donors (Lipinski definition) is 4. The summed E-state index contributed by atoms with van der Waals surface area (Å²) in [4.78, 5) is 23.7. The molecule has 7 heteroatoms. The first-order valence-corrected chi connectivity index (χ1v) is 11.3. The van der Waals surface area contributed by atoms with Gasteiger partial charge in [0, 0.05) is 30.6 Å². The lowest BCUT2D eigenvalue weighted by Gasteiger charge is -2.21. The Morgan fingerprint density at radius 3 is 2.15 bits per heavy atom. The maximum Gasteiger partial charge on any atom is 0.407 e. The molecule has 0 aliphatic heterocycles. The van der Waals surface area contributed by atoms with E-state index in [9.17, 15) is 19.8 Å². The molecule has 176 valence electrons. The zero-order valence-electron chi connectivity index (χ0n) is 18.9. The average molecular weight is 461 g/mol. The minimum absolute atomic E-state index is 0.0316. The molecule has 0 radical (unpaired) electrons. The van der Waals surface area contributed by atoms with Gasteiger partial charge in [0.1, 0.15) is 12.7 Å². The summed E-state index contributed by atoms with van der Waals surface area (Å²) in [5.74, 6) is -0.304. The summed E-state index contributed by atoms with van der Waals surface area (Å²) in [5.41, 5.74) is 5.42. The summed E-state index contributed by atoms with van der Waals surface area (Å²) in [5, 5.41) is 26.2. The van der Waals surface area contributed by atoms with Crippen LogP contribution in [-0.2, 0) is 9.53 Å². The molecule has 3 aromatic carbocycles. The Morgan fingerprint density at radius 2 is 1.50 bits per heavy atom. The Bertz CT molecular complexity index is 1130. The number of rotatable bonds is 8. The molecule has 0 saturated carbocycles. The van der Waals surface area contributed by atoms with Crippen LogP contribution in [0.1, 0.15) is 42.1 Å². The molecule has 2 unspecified atom stereocenters. The molecule has 34 heavy (non-hydrogen) atoms. The van der Waals surface area contributed by atoms with E-state index < -0.39 is 18.3 Å². The third-order valence-corrected chi connectivity index (χ3v) is 6.01. The van der Waals surface area contributed by atoms with Gasteiger partial charge >= 0.3 is 6.09 Å². The van der Waals surface area contributed by atoms with Crippen molar-refractivity contribution >= 4 is 17.7 Å². The molecule has 0 saturated heterocycles. The predicted octanol–water partition coefficient (Wildman–Crippen LogP) is 3.97. The fourth-order valence-electron chi connectivity index (χ4n) is 4.40. The van der Waals surface area contributed by atoms with Crippen molar-refractivity contribution in [1.29, 1.82) is 0 Å². The molecule has 3 aromatic rings. The zero-order chi connectivity index (χ0) is 24.1. The normalized spacial score (nSPS) is 14.0.